The number of carboxylic acid groups (broad SMARTS) is 1. The molecule has 0 aromatic carbocycles. The zero-order chi connectivity index (χ0) is 13.8. The molecule has 5 nitrogen and oxygen atoms in total. The van der Waals surface area contributed by atoms with Gasteiger partial charge in [0.1, 0.15) is 0 Å². The molecular weight excluding hydrogens is 252 g/mol. The summed E-state index contributed by atoms with van der Waals surface area (Å²) in [7, 11) is 0. The van der Waals surface area contributed by atoms with Crippen molar-refractivity contribution in [3.05, 3.63) is 22.4 Å². The van der Waals surface area contributed by atoms with Crippen LogP contribution in [0.25, 0.3) is 0 Å². The maximum Gasteiger partial charge on any atom is 0.331 e. The Morgan fingerprint density at radius 1 is 1.44 bits per heavy atom. The lowest BCUT2D eigenvalue weighted by Gasteiger charge is -2.20. The number of thiophene rings is 1. The summed E-state index contributed by atoms with van der Waals surface area (Å²) in [5, 5.41) is 16.0. The molecule has 1 unspecified atom stereocenters. The summed E-state index contributed by atoms with van der Waals surface area (Å²) >= 11 is 1.30. The summed E-state index contributed by atoms with van der Waals surface area (Å²) in [6, 6.07) is 1.98. The van der Waals surface area contributed by atoms with Gasteiger partial charge in [-0.2, -0.15) is 0 Å². The lowest BCUT2D eigenvalue weighted by atomic mass is 9.97. The largest absolute Gasteiger partial charge is 0.479 e. The number of hydrogen-bond donors (Lipinski definition) is 3. The van der Waals surface area contributed by atoms with E-state index in [0.717, 1.165) is 0 Å². The summed E-state index contributed by atoms with van der Waals surface area (Å²) in [6.45, 7) is 6.44. The van der Waals surface area contributed by atoms with Crippen LogP contribution in [0.1, 0.15) is 31.7 Å². The zero-order valence-corrected chi connectivity index (χ0v) is 11.5. The van der Waals surface area contributed by atoms with Gasteiger partial charge >= 0.3 is 12.0 Å². The van der Waals surface area contributed by atoms with Crippen molar-refractivity contribution in [2.24, 2.45) is 5.41 Å². The second-order valence-corrected chi connectivity index (χ2v) is 6.15. The van der Waals surface area contributed by atoms with Crippen LogP contribution in [0.3, 0.4) is 0 Å². The van der Waals surface area contributed by atoms with E-state index in [4.69, 9.17) is 5.11 Å². The van der Waals surface area contributed by atoms with Crippen molar-refractivity contribution in [2.45, 2.75) is 26.8 Å². The molecule has 1 atom stereocenters. The van der Waals surface area contributed by atoms with Gasteiger partial charge in [0.05, 0.1) is 0 Å². The maximum atomic E-state index is 11.6. The van der Waals surface area contributed by atoms with Gasteiger partial charge in [-0.15, -0.1) is 11.3 Å². The zero-order valence-electron chi connectivity index (χ0n) is 10.7. The highest BCUT2D eigenvalue weighted by molar-refractivity contribution is 7.10. The standard InChI is InChI=1S/C12H18N2O3S/c1-12(2,3)7-13-11(17)14-9(10(15)16)8-5-4-6-18-8/h4-6,9H,7H2,1-3H3,(H,15,16)(H2,13,14,17). The number of carbonyl (C=O) groups is 2. The molecule has 0 aliphatic carbocycles. The van der Waals surface area contributed by atoms with Crippen LogP contribution in [0.5, 0.6) is 0 Å². The third-order valence-corrected chi connectivity index (χ3v) is 3.07. The fourth-order valence-electron chi connectivity index (χ4n) is 1.24. The molecule has 0 fully saturated rings. The van der Waals surface area contributed by atoms with E-state index in [1.807, 2.05) is 20.8 Å². The molecule has 18 heavy (non-hydrogen) atoms. The molecule has 3 N–H and O–H groups in total. The van der Waals surface area contributed by atoms with Crippen LogP contribution in [0.15, 0.2) is 17.5 Å². The van der Waals surface area contributed by atoms with Gasteiger partial charge in [-0.05, 0) is 16.9 Å². The van der Waals surface area contributed by atoms with Crippen LogP contribution in [0.2, 0.25) is 0 Å². The quantitative estimate of drug-likeness (QED) is 0.785. The predicted octanol–water partition coefficient (Wildman–Crippen LogP) is 2.22. The van der Waals surface area contributed by atoms with Crippen LogP contribution in [0.4, 0.5) is 4.79 Å². The lowest BCUT2D eigenvalue weighted by molar-refractivity contribution is -0.139. The van der Waals surface area contributed by atoms with Gasteiger partial charge in [0.15, 0.2) is 6.04 Å². The van der Waals surface area contributed by atoms with Gasteiger partial charge in [0.25, 0.3) is 0 Å². The van der Waals surface area contributed by atoms with Crippen molar-refractivity contribution >= 4 is 23.3 Å². The minimum atomic E-state index is -1.07. The highest BCUT2D eigenvalue weighted by atomic mass is 32.1. The van der Waals surface area contributed by atoms with E-state index in [-0.39, 0.29) is 5.41 Å². The topological polar surface area (TPSA) is 78.4 Å². The number of hydrogen-bond acceptors (Lipinski definition) is 3. The van der Waals surface area contributed by atoms with Crippen LogP contribution >= 0.6 is 11.3 Å². The molecule has 100 valence electrons. The van der Waals surface area contributed by atoms with E-state index in [2.05, 4.69) is 10.6 Å². The number of nitrogens with one attached hydrogen (secondary N) is 2. The van der Waals surface area contributed by atoms with E-state index in [9.17, 15) is 9.59 Å². The molecule has 1 rings (SSSR count). The number of rotatable bonds is 4. The third-order valence-electron chi connectivity index (χ3n) is 2.13. The highest BCUT2D eigenvalue weighted by Crippen LogP contribution is 2.19. The molecule has 0 bridgehead atoms. The fraction of sp³-hybridized carbons (Fsp3) is 0.500. The van der Waals surface area contributed by atoms with Crippen molar-refractivity contribution in [2.75, 3.05) is 6.54 Å². The van der Waals surface area contributed by atoms with Gasteiger partial charge in [-0.1, -0.05) is 26.8 Å². The molecular formula is C12H18N2O3S. The van der Waals surface area contributed by atoms with Crippen molar-refractivity contribution in [3.63, 3.8) is 0 Å². The molecule has 6 heteroatoms. The SMILES string of the molecule is CC(C)(C)CNC(=O)NC(C(=O)O)c1cccs1. The minimum Gasteiger partial charge on any atom is -0.479 e. The fourth-order valence-corrected chi connectivity index (χ4v) is 2.00. The summed E-state index contributed by atoms with van der Waals surface area (Å²) in [6.07, 6.45) is 0. The first-order valence-corrected chi connectivity index (χ1v) is 6.48. The Bertz CT molecular complexity index is 409. The predicted molar refractivity (Wildman–Crippen MR) is 70.7 cm³/mol. The molecule has 0 saturated carbocycles. The van der Waals surface area contributed by atoms with E-state index >= 15 is 0 Å². The summed E-state index contributed by atoms with van der Waals surface area (Å²) in [4.78, 5) is 23.3. The number of amides is 2. The molecule has 0 aliphatic heterocycles. The van der Waals surface area contributed by atoms with Crippen LogP contribution in [0, 0.1) is 5.41 Å². The number of carbonyl (C=O) groups excluding carboxylic acids is 1. The monoisotopic (exact) mass is 270 g/mol. The first-order valence-electron chi connectivity index (χ1n) is 5.60. The molecule has 1 heterocycles. The minimum absolute atomic E-state index is 0.0427. The van der Waals surface area contributed by atoms with Gasteiger partial charge in [-0.3, -0.25) is 0 Å². The average Bonchev–Trinajstić information content (AvgIpc) is 2.74. The smallest absolute Gasteiger partial charge is 0.331 e. The van der Waals surface area contributed by atoms with Crippen molar-refractivity contribution < 1.29 is 14.7 Å². The second-order valence-electron chi connectivity index (χ2n) is 5.17. The molecule has 1 aromatic rings. The molecule has 0 radical (unpaired) electrons. The highest BCUT2D eigenvalue weighted by Gasteiger charge is 2.23. The lowest BCUT2D eigenvalue weighted by Crippen LogP contribution is -2.43. The third kappa shape index (κ3) is 4.75. The molecule has 0 aliphatic rings. The van der Waals surface area contributed by atoms with Gasteiger partial charge < -0.3 is 15.7 Å². The molecule has 1 aromatic heterocycles. The Morgan fingerprint density at radius 2 is 2.11 bits per heavy atom. The summed E-state index contributed by atoms with van der Waals surface area (Å²) < 4.78 is 0. The average molecular weight is 270 g/mol. The Kier molecular flexibility index (Phi) is 4.72. The van der Waals surface area contributed by atoms with Crippen molar-refractivity contribution in [1.29, 1.82) is 0 Å². The van der Waals surface area contributed by atoms with E-state index in [0.29, 0.717) is 11.4 Å². The Morgan fingerprint density at radius 3 is 2.56 bits per heavy atom. The number of carboxylic acids is 1. The number of aliphatic carboxylic acids is 1. The van der Waals surface area contributed by atoms with E-state index in [1.165, 1.54) is 11.3 Å². The van der Waals surface area contributed by atoms with E-state index < -0.39 is 18.0 Å². The summed E-state index contributed by atoms with van der Waals surface area (Å²) in [5.74, 6) is -1.07. The molecule has 2 amide bonds. The summed E-state index contributed by atoms with van der Waals surface area (Å²) in [5.41, 5.74) is -0.0427. The molecule has 0 spiro atoms. The van der Waals surface area contributed by atoms with Gasteiger partial charge in [0, 0.05) is 11.4 Å². The van der Waals surface area contributed by atoms with Gasteiger partial charge in [0.2, 0.25) is 0 Å². The Hall–Kier alpha value is -1.56. The maximum absolute atomic E-state index is 11.6. The van der Waals surface area contributed by atoms with E-state index in [1.54, 1.807) is 17.5 Å². The normalized spacial score (nSPS) is 12.8. The van der Waals surface area contributed by atoms with Crippen LogP contribution in [-0.4, -0.2) is 23.7 Å². The van der Waals surface area contributed by atoms with Crippen molar-refractivity contribution in [3.8, 4) is 0 Å². The first-order chi connectivity index (χ1) is 8.29. The Balaban J connectivity index is 2.58. The second kappa shape index (κ2) is 5.86. The van der Waals surface area contributed by atoms with Crippen molar-refractivity contribution in [1.82, 2.24) is 10.6 Å². The van der Waals surface area contributed by atoms with Crippen LogP contribution < -0.4 is 10.6 Å². The number of urea groups is 1. The Labute approximate surface area is 110 Å². The molecule has 0 saturated heterocycles. The van der Waals surface area contributed by atoms with Gasteiger partial charge in [-0.25, -0.2) is 9.59 Å². The van der Waals surface area contributed by atoms with Crippen LogP contribution in [-0.2, 0) is 4.79 Å². The first kappa shape index (κ1) is 14.5.